The Bertz CT molecular complexity index is 1120. The van der Waals surface area contributed by atoms with Crippen LogP contribution in [-0.4, -0.2) is 9.78 Å². The number of halogens is 2. The van der Waals surface area contributed by atoms with Crippen molar-refractivity contribution in [2.75, 3.05) is 0 Å². The summed E-state index contributed by atoms with van der Waals surface area (Å²) in [5.41, 5.74) is 8.58. The molecule has 4 rings (SSSR count). The maximum absolute atomic E-state index is 14.7. The number of fused-ring (bicyclic) bond motifs is 1. The van der Waals surface area contributed by atoms with Crippen LogP contribution in [0.5, 0.6) is 5.88 Å². The molecule has 7 heteroatoms. The Kier molecular flexibility index (Phi) is 4.21. The van der Waals surface area contributed by atoms with Crippen LogP contribution < -0.4 is 10.5 Å². The molecule has 0 spiro atoms. The summed E-state index contributed by atoms with van der Waals surface area (Å²) >= 11 is 3.37. The standard InChI is InChI=1S/C20H14BrFN4O/c1-11-17-18(14-9-12(21)7-8-16(14)22)15(10-23)19(24)27-20(17)26(25-11)13-5-3-2-4-6-13/h2-9,18H,24H2,1H3/t18-/m0/s1. The Balaban J connectivity index is 2.00. The average molecular weight is 425 g/mol. The molecule has 2 N–H and O–H groups in total. The van der Waals surface area contributed by atoms with Crippen LogP contribution >= 0.6 is 15.9 Å². The molecule has 0 bridgehead atoms. The summed E-state index contributed by atoms with van der Waals surface area (Å²) in [6.07, 6.45) is 0. The van der Waals surface area contributed by atoms with Gasteiger partial charge in [0, 0.05) is 10.0 Å². The molecule has 0 radical (unpaired) electrons. The Labute approximate surface area is 163 Å². The summed E-state index contributed by atoms with van der Waals surface area (Å²) in [6.45, 7) is 1.81. The number of aromatic nitrogens is 2. The van der Waals surface area contributed by atoms with E-state index >= 15 is 0 Å². The van der Waals surface area contributed by atoms with Crippen molar-refractivity contribution in [3.63, 3.8) is 0 Å². The third-order valence-corrected chi connectivity index (χ3v) is 5.00. The van der Waals surface area contributed by atoms with Gasteiger partial charge < -0.3 is 10.5 Å². The van der Waals surface area contributed by atoms with Crippen molar-refractivity contribution in [3.05, 3.63) is 87.1 Å². The Morgan fingerprint density at radius 3 is 2.70 bits per heavy atom. The highest BCUT2D eigenvalue weighted by molar-refractivity contribution is 9.10. The van der Waals surface area contributed by atoms with Gasteiger partial charge >= 0.3 is 0 Å². The summed E-state index contributed by atoms with van der Waals surface area (Å²) < 4.78 is 22.8. The Morgan fingerprint density at radius 2 is 2.00 bits per heavy atom. The molecule has 2 aromatic carbocycles. The first-order valence-electron chi connectivity index (χ1n) is 8.18. The number of hydrogen-bond acceptors (Lipinski definition) is 4. The van der Waals surface area contributed by atoms with Gasteiger partial charge in [-0.15, -0.1) is 0 Å². The number of benzene rings is 2. The Morgan fingerprint density at radius 1 is 1.26 bits per heavy atom. The molecule has 134 valence electrons. The van der Waals surface area contributed by atoms with Gasteiger partial charge in [0.05, 0.1) is 22.9 Å². The van der Waals surface area contributed by atoms with E-state index < -0.39 is 11.7 Å². The van der Waals surface area contributed by atoms with Gasteiger partial charge in [-0.1, -0.05) is 34.1 Å². The SMILES string of the molecule is Cc1nn(-c2ccccc2)c2c1[C@@H](c1cc(Br)ccc1F)C(C#N)=C(N)O2. The molecule has 0 saturated heterocycles. The number of para-hydroxylation sites is 1. The first-order valence-corrected chi connectivity index (χ1v) is 8.98. The summed E-state index contributed by atoms with van der Waals surface area (Å²) in [5.74, 6) is -0.789. The van der Waals surface area contributed by atoms with Crippen molar-refractivity contribution in [2.24, 2.45) is 5.73 Å². The lowest BCUT2D eigenvalue weighted by Gasteiger charge is -2.25. The molecule has 0 saturated carbocycles. The van der Waals surface area contributed by atoms with Gasteiger partial charge in [-0.25, -0.2) is 9.07 Å². The van der Waals surface area contributed by atoms with Crippen molar-refractivity contribution in [3.8, 4) is 17.6 Å². The third-order valence-electron chi connectivity index (χ3n) is 4.50. The zero-order valence-corrected chi connectivity index (χ0v) is 15.9. The van der Waals surface area contributed by atoms with E-state index in [1.807, 2.05) is 30.3 Å². The second-order valence-electron chi connectivity index (χ2n) is 6.14. The number of nitrogens with two attached hydrogens (primary N) is 1. The van der Waals surface area contributed by atoms with Crippen molar-refractivity contribution < 1.29 is 9.13 Å². The average Bonchev–Trinajstić information content (AvgIpc) is 2.99. The van der Waals surface area contributed by atoms with Gasteiger partial charge in [0.2, 0.25) is 11.8 Å². The van der Waals surface area contributed by atoms with E-state index in [-0.39, 0.29) is 11.5 Å². The minimum atomic E-state index is -0.700. The number of hydrogen-bond donors (Lipinski definition) is 1. The fraction of sp³-hybridized carbons (Fsp3) is 0.100. The topological polar surface area (TPSA) is 76.9 Å². The van der Waals surface area contributed by atoms with Gasteiger partial charge in [-0.05, 0) is 37.3 Å². The molecule has 0 aliphatic carbocycles. The largest absolute Gasteiger partial charge is 0.422 e. The second-order valence-corrected chi connectivity index (χ2v) is 7.06. The third kappa shape index (κ3) is 2.78. The number of nitrogens with zero attached hydrogens (tertiary/aromatic N) is 3. The van der Waals surface area contributed by atoms with Crippen LogP contribution in [0.3, 0.4) is 0 Å². The van der Waals surface area contributed by atoms with E-state index in [0.29, 0.717) is 27.2 Å². The van der Waals surface area contributed by atoms with Crippen LogP contribution in [-0.2, 0) is 0 Å². The minimum absolute atomic E-state index is 0.0496. The highest BCUT2D eigenvalue weighted by atomic mass is 79.9. The number of rotatable bonds is 2. The molecule has 1 atom stereocenters. The minimum Gasteiger partial charge on any atom is -0.422 e. The highest BCUT2D eigenvalue weighted by Gasteiger charge is 2.37. The van der Waals surface area contributed by atoms with Crippen molar-refractivity contribution in [2.45, 2.75) is 12.8 Å². The summed E-state index contributed by atoms with van der Waals surface area (Å²) in [5, 5.41) is 14.2. The molecule has 27 heavy (non-hydrogen) atoms. The Hall–Kier alpha value is -3.11. The van der Waals surface area contributed by atoms with E-state index in [0.717, 1.165) is 5.69 Å². The zero-order chi connectivity index (χ0) is 19.1. The molecule has 1 aromatic heterocycles. The van der Waals surface area contributed by atoms with Crippen LogP contribution in [0.2, 0.25) is 0 Å². The van der Waals surface area contributed by atoms with E-state index in [4.69, 9.17) is 10.5 Å². The van der Waals surface area contributed by atoms with Crippen LogP contribution in [0.4, 0.5) is 4.39 Å². The van der Waals surface area contributed by atoms with Crippen LogP contribution in [0.15, 0.2) is 64.5 Å². The lowest BCUT2D eigenvalue weighted by atomic mass is 9.84. The molecule has 1 aliphatic rings. The molecule has 3 aromatic rings. The number of ether oxygens (including phenoxy) is 1. The van der Waals surface area contributed by atoms with E-state index in [9.17, 15) is 9.65 Å². The lowest BCUT2D eigenvalue weighted by molar-refractivity contribution is 0.366. The zero-order valence-electron chi connectivity index (χ0n) is 14.3. The quantitative estimate of drug-likeness (QED) is 0.664. The van der Waals surface area contributed by atoms with E-state index in [1.165, 1.54) is 6.07 Å². The summed E-state index contributed by atoms with van der Waals surface area (Å²) in [4.78, 5) is 0. The van der Waals surface area contributed by atoms with Gasteiger partial charge in [0.25, 0.3) is 0 Å². The predicted molar refractivity (Wildman–Crippen MR) is 102 cm³/mol. The van der Waals surface area contributed by atoms with E-state index in [2.05, 4.69) is 27.1 Å². The molecular weight excluding hydrogens is 411 g/mol. The summed E-state index contributed by atoms with van der Waals surface area (Å²) in [6, 6.07) is 16.1. The predicted octanol–water partition coefficient (Wildman–Crippen LogP) is 4.30. The smallest absolute Gasteiger partial charge is 0.229 e. The molecule has 0 amide bonds. The second kappa shape index (κ2) is 6.56. The molecule has 0 fully saturated rings. The molecule has 2 heterocycles. The van der Waals surface area contributed by atoms with Crippen LogP contribution in [0.25, 0.3) is 5.69 Å². The van der Waals surface area contributed by atoms with Crippen molar-refractivity contribution in [1.29, 1.82) is 5.26 Å². The molecule has 5 nitrogen and oxygen atoms in total. The monoisotopic (exact) mass is 424 g/mol. The van der Waals surface area contributed by atoms with Crippen molar-refractivity contribution in [1.82, 2.24) is 9.78 Å². The fourth-order valence-corrected chi connectivity index (χ4v) is 3.68. The highest BCUT2D eigenvalue weighted by Crippen LogP contribution is 2.45. The maximum Gasteiger partial charge on any atom is 0.229 e. The first kappa shape index (κ1) is 17.3. The number of allylic oxidation sites excluding steroid dienone is 1. The van der Waals surface area contributed by atoms with Gasteiger partial charge in [-0.3, -0.25) is 0 Å². The fourth-order valence-electron chi connectivity index (χ4n) is 3.31. The lowest BCUT2D eigenvalue weighted by Crippen LogP contribution is -2.22. The van der Waals surface area contributed by atoms with Crippen molar-refractivity contribution >= 4 is 15.9 Å². The maximum atomic E-state index is 14.7. The molecular formula is C20H14BrFN4O. The van der Waals surface area contributed by atoms with Gasteiger partial charge in [-0.2, -0.15) is 10.4 Å². The molecule has 0 unspecified atom stereocenters. The normalized spacial score (nSPS) is 15.9. The number of aryl methyl sites for hydroxylation is 1. The first-order chi connectivity index (χ1) is 13.0. The van der Waals surface area contributed by atoms with Crippen LogP contribution in [0, 0.1) is 24.1 Å². The molecule has 1 aliphatic heterocycles. The number of nitriles is 1. The van der Waals surface area contributed by atoms with Gasteiger partial charge in [0.1, 0.15) is 17.5 Å². The van der Waals surface area contributed by atoms with E-state index in [1.54, 1.807) is 23.7 Å². The van der Waals surface area contributed by atoms with Crippen LogP contribution in [0.1, 0.15) is 22.7 Å². The van der Waals surface area contributed by atoms with Gasteiger partial charge in [0.15, 0.2) is 0 Å². The summed E-state index contributed by atoms with van der Waals surface area (Å²) in [7, 11) is 0.